The molecule has 4 rings (SSSR count). The lowest BCUT2D eigenvalue weighted by molar-refractivity contribution is -0.134. The second-order valence-electron chi connectivity index (χ2n) is 9.01. The van der Waals surface area contributed by atoms with E-state index in [-0.39, 0.29) is 23.8 Å². The highest BCUT2D eigenvalue weighted by molar-refractivity contribution is 5.83. The van der Waals surface area contributed by atoms with E-state index < -0.39 is 0 Å². The Morgan fingerprint density at radius 3 is 2.64 bits per heavy atom. The maximum atomic E-state index is 13.4. The molecule has 0 saturated carbocycles. The van der Waals surface area contributed by atoms with Gasteiger partial charge in [0, 0.05) is 39.2 Å². The van der Waals surface area contributed by atoms with Crippen LogP contribution in [0, 0.1) is 5.92 Å². The van der Waals surface area contributed by atoms with Crippen molar-refractivity contribution in [1.29, 1.82) is 0 Å². The lowest BCUT2D eigenvalue weighted by Gasteiger charge is -2.25. The predicted molar refractivity (Wildman–Crippen MR) is 131 cm³/mol. The molecule has 174 valence electrons. The van der Waals surface area contributed by atoms with Gasteiger partial charge >= 0.3 is 0 Å². The fourth-order valence-electron chi connectivity index (χ4n) is 4.94. The van der Waals surface area contributed by atoms with Crippen LogP contribution in [0.25, 0.3) is 11.1 Å². The Morgan fingerprint density at radius 1 is 1.09 bits per heavy atom. The highest BCUT2D eigenvalue weighted by Gasteiger charge is 2.32. The lowest BCUT2D eigenvalue weighted by atomic mass is 9.91. The molecule has 0 N–H and O–H groups in total. The first-order valence-corrected chi connectivity index (χ1v) is 12.1. The minimum absolute atomic E-state index is 0.104. The molecule has 2 aromatic carbocycles. The third-order valence-corrected chi connectivity index (χ3v) is 6.72. The van der Waals surface area contributed by atoms with E-state index in [0.29, 0.717) is 39.0 Å². The Labute approximate surface area is 197 Å². The summed E-state index contributed by atoms with van der Waals surface area (Å²) in [4.78, 5) is 30.3. The van der Waals surface area contributed by atoms with Crippen LogP contribution < -0.4 is 0 Å². The summed E-state index contributed by atoms with van der Waals surface area (Å²) in [6, 6.07) is 18.5. The number of ether oxygens (including phenoxy) is 1. The van der Waals surface area contributed by atoms with E-state index in [9.17, 15) is 9.59 Å². The lowest BCUT2D eigenvalue weighted by Crippen LogP contribution is -2.38. The van der Waals surface area contributed by atoms with Crippen LogP contribution in [-0.2, 0) is 20.7 Å². The van der Waals surface area contributed by atoms with Crippen molar-refractivity contribution in [3.63, 3.8) is 0 Å². The van der Waals surface area contributed by atoms with Crippen molar-refractivity contribution in [1.82, 2.24) is 9.80 Å². The molecular weight excluding hydrogens is 412 g/mol. The summed E-state index contributed by atoms with van der Waals surface area (Å²) < 4.78 is 5.69. The molecule has 2 saturated heterocycles. The maximum absolute atomic E-state index is 13.4. The van der Waals surface area contributed by atoms with E-state index >= 15 is 0 Å². The summed E-state index contributed by atoms with van der Waals surface area (Å²) in [6.45, 7) is 6.71. The van der Waals surface area contributed by atoms with E-state index in [0.717, 1.165) is 42.6 Å². The van der Waals surface area contributed by atoms with Gasteiger partial charge in [-0.05, 0) is 42.4 Å². The highest BCUT2D eigenvalue weighted by Crippen LogP contribution is 2.27. The fourth-order valence-corrected chi connectivity index (χ4v) is 4.94. The van der Waals surface area contributed by atoms with Crippen molar-refractivity contribution in [2.75, 3.05) is 32.8 Å². The Balaban J connectivity index is 1.52. The second-order valence-corrected chi connectivity index (χ2v) is 9.01. The molecule has 2 unspecified atom stereocenters. The third kappa shape index (κ3) is 5.91. The zero-order valence-corrected chi connectivity index (χ0v) is 19.3. The van der Waals surface area contributed by atoms with Crippen LogP contribution in [0.2, 0.25) is 0 Å². The molecule has 2 heterocycles. The SMILES string of the molecule is C=CCN1CCN(C(=O)CCC2CCCO2)CC(Cc2ccccc2-c2ccccc2)C1=O. The molecule has 0 radical (unpaired) electrons. The van der Waals surface area contributed by atoms with Gasteiger partial charge in [0.15, 0.2) is 0 Å². The Morgan fingerprint density at radius 2 is 1.88 bits per heavy atom. The monoisotopic (exact) mass is 446 g/mol. The number of amides is 2. The van der Waals surface area contributed by atoms with E-state index in [2.05, 4.69) is 30.8 Å². The molecule has 33 heavy (non-hydrogen) atoms. The average molecular weight is 447 g/mol. The zero-order chi connectivity index (χ0) is 23.0. The number of carbonyl (C=O) groups excluding carboxylic acids is 2. The molecule has 5 heteroatoms. The summed E-state index contributed by atoms with van der Waals surface area (Å²) in [6.07, 6.45) is 5.94. The minimum Gasteiger partial charge on any atom is -0.378 e. The first kappa shape index (κ1) is 23.2. The Bertz CT molecular complexity index is 953. The number of nitrogens with zero attached hydrogens (tertiary/aromatic N) is 2. The first-order chi connectivity index (χ1) is 16.2. The van der Waals surface area contributed by atoms with Gasteiger partial charge in [-0.15, -0.1) is 6.58 Å². The summed E-state index contributed by atoms with van der Waals surface area (Å²) >= 11 is 0. The minimum atomic E-state index is -0.274. The second kappa shape index (κ2) is 11.3. The summed E-state index contributed by atoms with van der Waals surface area (Å²) in [5.74, 6) is -0.0451. The molecule has 0 aliphatic carbocycles. The number of rotatable bonds is 8. The number of hydrogen-bond acceptors (Lipinski definition) is 3. The van der Waals surface area contributed by atoms with E-state index in [1.165, 1.54) is 0 Å². The van der Waals surface area contributed by atoms with Gasteiger partial charge in [0.25, 0.3) is 0 Å². The van der Waals surface area contributed by atoms with Crippen molar-refractivity contribution in [3.05, 3.63) is 72.8 Å². The van der Waals surface area contributed by atoms with Crippen molar-refractivity contribution < 1.29 is 14.3 Å². The molecule has 2 aliphatic heterocycles. The van der Waals surface area contributed by atoms with Crippen molar-refractivity contribution in [3.8, 4) is 11.1 Å². The molecule has 2 fully saturated rings. The standard InChI is InChI=1S/C28H34N2O3/c1-2-16-29-17-18-30(27(31)15-14-25-12-8-19-33-25)21-24(28(29)32)20-23-11-6-7-13-26(23)22-9-4-3-5-10-22/h2-7,9-11,13,24-25H,1,8,12,14-21H2. The van der Waals surface area contributed by atoms with E-state index in [1.54, 1.807) is 6.08 Å². The summed E-state index contributed by atoms with van der Waals surface area (Å²) in [7, 11) is 0. The van der Waals surface area contributed by atoms with Gasteiger partial charge in [0.1, 0.15) is 0 Å². The molecule has 2 aromatic rings. The highest BCUT2D eigenvalue weighted by atomic mass is 16.5. The number of benzene rings is 2. The van der Waals surface area contributed by atoms with Gasteiger partial charge in [0.2, 0.25) is 11.8 Å². The molecular formula is C28H34N2O3. The first-order valence-electron chi connectivity index (χ1n) is 12.1. The van der Waals surface area contributed by atoms with Crippen LogP contribution in [-0.4, -0.2) is 60.5 Å². The summed E-state index contributed by atoms with van der Waals surface area (Å²) in [5.41, 5.74) is 3.41. The van der Waals surface area contributed by atoms with Crippen molar-refractivity contribution >= 4 is 11.8 Å². The van der Waals surface area contributed by atoms with Crippen LogP contribution in [0.15, 0.2) is 67.3 Å². The smallest absolute Gasteiger partial charge is 0.228 e. The largest absolute Gasteiger partial charge is 0.378 e. The predicted octanol–water partition coefficient (Wildman–Crippen LogP) is 4.33. The van der Waals surface area contributed by atoms with Crippen molar-refractivity contribution in [2.24, 2.45) is 5.92 Å². The van der Waals surface area contributed by atoms with Gasteiger partial charge in [-0.2, -0.15) is 0 Å². The summed E-state index contributed by atoms with van der Waals surface area (Å²) in [5, 5.41) is 0. The van der Waals surface area contributed by atoms with Crippen LogP contribution >= 0.6 is 0 Å². The Hall–Kier alpha value is -2.92. The molecule has 2 aliphatic rings. The molecule has 2 amide bonds. The third-order valence-electron chi connectivity index (χ3n) is 6.72. The van der Waals surface area contributed by atoms with Crippen LogP contribution in [0.3, 0.4) is 0 Å². The molecule has 5 nitrogen and oxygen atoms in total. The Kier molecular flexibility index (Phi) is 7.95. The van der Waals surface area contributed by atoms with Crippen LogP contribution in [0.1, 0.15) is 31.2 Å². The molecule has 0 spiro atoms. The van der Waals surface area contributed by atoms with Gasteiger partial charge in [-0.1, -0.05) is 60.7 Å². The van der Waals surface area contributed by atoms with Gasteiger partial charge in [-0.3, -0.25) is 9.59 Å². The number of hydrogen-bond donors (Lipinski definition) is 0. The maximum Gasteiger partial charge on any atom is 0.228 e. The number of carbonyl (C=O) groups is 2. The molecule has 2 atom stereocenters. The average Bonchev–Trinajstić information content (AvgIpc) is 3.32. The zero-order valence-electron chi connectivity index (χ0n) is 19.3. The topological polar surface area (TPSA) is 49.9 Å². The van der Waals surface area contributed by atoms with Gasteiger partial charge in [-0.25, -0.2) is 0 Å². The van der Waals surface area contributed by atoms with Crippen molar-refractivity contribution in [2.45, 2.75) is 38.2 Å². The normalized spacial score (nSPS) is 21.2. The molecule has 0 bridgehead atoms. The quantitative estimate of drug-likeness (QED) is 0.567. The fraction of sp³-hybridized carbons (Fsp3) is 0.429. The van der Waals surface area contributed by atoms with E-state index in [1.807, 2.05) is 40.1 Å². The van der Waals surface area contributed by atoms with E-state index in [4.69, 9.17) is 4.74 Å². The van der Waals surface area contributed by atoms with Gasteiger partial charge < -0.3 is 14.5 Å². The van der Waals surface area contributed by atoms with Gasteiger partial charge in [0.05, 0.1) is 12.0 Å². The molecule has 0 aromatic heterocycles. The van der Waals surface area contributed by atoms with Crippen LogP contribution in [0.5, 0.6) is 0 Å². The van der Waals surface area contributed by atoms with Crippen LogP contribution in [0.4, 0.5) is 0 Å².